The van der Waals surface area contributed by atoms with E-state index in [-0.39, 0.29) is 29.8 Å². The van der Waals surface area contributed by atoms with Gasteiger partial charge in [-0.25, -0.2) is 0 Å². The largest absolute Gasteiger partial charge is 0.344 e. The minimum atomic E-state index is -0.674. The van der Waals surface area contributed by atoms with Gasteiger partial charge in [-0.05, 0) is 34.9 Å². The lowest BCUT2D eigenvalue weighted by molar-refractivity contribution is -0.127. The number of nitrogens with one attached hydrogen (secondary N) is 2. The molecule has 0 unspecified atom stereocenters. The first-order valence-corrected chi connectivity index (χ1v) is 9.82. The van der Waals surface area contributed by atoms with Gasteiger partial charge in [-0.1, -0.05) is 37.4 Å². The molecule has 164 valence electrons. The number of anilines is 1. The summed E-state index contributed by atoms with van der Waals surface area (Å²) in [7, 11) is 3.08. The first kappa shape index (κ1) is 22.5. The van der Waals surface area contributed by atoms with E-state index in [0.29, 0.717) is 11.3 Å². The first-order valence-electron chi connectivity index (χ1n) is 9.82. The molecule has 0 atom stereocenters. The highest BCUT2D eigenvalue weighted by molar-refractivity contribution is 6.08. The molecule has 8 nitrogen and oxygen atoms in total. The number of fused-ring (bicyclic) bond motifs is 1. The summed E-state index contributed by atoms with van der Waals surface area (Å²) >= 11 is 0. The standard InChI is InChI=1S/C24H24N4O4/c1-14(23(31)27(4)5)25-22(30)15(2)28-13-21-19(7-6-8-20(21)24(28)32)17-9-11-18(12-10-17)26-16(3)29/h6-12H,1-2,13H2,3-5H3,(H,25,30)(H,26,29). The third-order valence-corrected chi connectivity index (χ3v) is 5.00. The molecular weight excluding hydrogens is 408 g/mol. The van der Waals surface area contributed by atoms with Crippen molar-refractivity contribution in [3.05, 3.63) is 78.1 Å². The Morgan fingerprint density at radius 1 is 1.00 bits per heavy atom. The summed E-state index contributed by atoms with van der Waals surface area (Å²) in [5.74, 6) is -1.63. The fourth-order valence-corrected chi connectivity index (χ4v) is 3.41. The first-order chi connectivity index (χ1) is 15.1. The monoisotopic (exact) mass is 432 g/mol. The summed E-state index contributed by atoms with van der Waals surface area (Å²) in [4.78, 5) is 51.3. The normalized spacial score (nSPS) is 12.1. The number of rotatable bonds is 6. The van der Waals surface area contributed by atoms with E-state index in [1.165, 1.54) is 16.7 Å². The zero-order chi connectivity index (χ0) is 23.6. The number of likely N-dealkylation sites (N-methyl/N-ethyl adjacent to an activating group) is 1. The van der Waals surface area contributed by atoms with E-state index < -0.39 is 11.8 Å². The van der Waals surface area contributed by atoms with Crippen LogP contribution in [0.2, 0.25) is 0 Å². The molecule has 0 saturated carbocycles. The van der Waals surface area contributed by atoms with Crippen LogP contribution in [0.5, 0.6) is 0 Å². The van der Waals surface area contributed by atoms with Crippen LogP contribution in [-0.2, 0) is 20.9 Å². The molecule has 8 heteroatoms. The molecule has 0 bridgehead atoms. The van der Waals surface area contributed by atoms with Crippen LogP contribution in [-0.4, -0.2) is 47.5 Å². The highest BCUT2D eigenvalue weighted by Crippen LogP contribution is 2.34. The Hall–Kier alpha value is -4.20. The summed E-state index contributed by atoms with van der Waals surface area (Å²) < 4.78 is 0. The minimum Gasteiger partial charge on any atom is -0.344 e. The third-order valence-electron chi connectivity index (χ3n) is 5.00. The van der Waals surface area contributed by atoms with Gasteiger partial charge in [0, 0.05) is 32.3 Å². The van der Waals surface area contributed by atoms with Crippen molar-refractivity contribution in [2.24, 2.45) is 0 Å². The second-order valence-electron chi connectivity index (χ2n) is 7.56. The van der Waals surface area contributed by atoms with Gasteiger partial charge < -0.3 is 15.5 Å². The predicted octanol–water partition coefficient (Wildman–Crippen LogP) is 2.50. The van der Waals surface area contributed by atoms with Gasteiger partial charge in [0.05, 0.1) is 12.2 Å². The Bertz CT molecular complexity index is 1150. The van der Waals surface area contributed by atoms with E-state index in [1.54, 1.807) is 38.4 Å². The van der Waals surface area contributed by atoms with Crippen LogP contribution >= 0.6 is 0 Å². The fourth-order valence-electron chi connectivity index (χ4n) is 3.41. The van der Waals surface area contributed by atoms with E-state index in [1.807, 2.05) is 18.2 Å². The number of carbonyl (C=O) groups is 4. The fraction of sp³-hybridized carbons (Fsp3) is 0.167. The summed E-state index contributed by atoms with van der Waals surface area (Å²) in [6, 6.07) is 12.6. The van der Waals surface area contributed by atoms with Crippen molar-refractivity contribution in [2.45, 2.75) is 13.5 Å². The number of carbonyl (C=O) groups excluding carboxylic acids is 4. The number of hydrogen-bond acceptors (Lipinski definition) is 4. The molecular formula is C24H24N4O4. The van der Waals surface area contributed by atoms with Crippen LogP contribution in [0.1, 0.15) is 22.8 Å². The molecule has 4 amide bonds. The molecule has 2 N–H and O–H groups in total. The van der Waals surface area contributed by atoms with E-state index >= 15 is 0 Å². The van der Waals surface area contributed by atoms with Crippen LogP contribution in [0.3, 0.4) is 0 Å². The van der Waals surface area contributed by atoms with Crippen LogP contribution < -0.4 is 10.6 Å². The molecule has 0 saturated heterocycles. The van der Waals surface area contributed by atoms with Crippen LogP contribution in [0.4, 0.5) is 5.69 Å². The molecule has 1 heterocycles. The van der Waals surface area contributed by atoms with Crippen LogP contribution in [0, 0.1) is 0 Å². The molecule has 0 aromatic heterocycles. The third kappa shape index (κ3) is 4.44. The van der Waals surface area contributed by atoms with Gasteiger partial charge in [0.15, 0.2) is 0 Å². The quantitative estimate of drug-likeness (QED) is 0.685. The molecule has 0 spiro atoms. The maximum Gasteiger partial charge on any atom is 0.271 e. The van der Waals surface area contributed by atoms with Gasteiger partial charge in [0.2, 0.25) is 5.91 Å². The highest BCUT2D eigenvalue weighted by Gasteiger charge is 2.33. The van der Waals surface area contributed by atoms with E-state index in [4.69, 9.17) is 0 Å². The maximum atomic E-state index is 13.0. The maximum absolute atomic E-state index is 13.0. The smallest absolute Gasteiger partial charge is 0.271 e. The van der Waals surface area contributed by atoms with Crippen molar-refractivity contribution < 1.29 is 19.2 Å². The van der Waals surface area contributed by atoms with Crippen molar-refractivity contribution >= 4 is 29.3 Å². The van der Waals surface area contributed by atoms with E-state index in [2.05, 4.69) is 23.8 Å². The van der Waals surface area contributed by atoms with Gasteiger partial charge in [0.1, 0.15) is 5.70 Å². The molecule has 0 aliphatic carbocycles. The zero-order valence-electron chi connectivity index (χ0n) is 18.2. The van der Waals surface area contributed by atoms with Gasteiger partial charge in [-0.2, -0.15) is 0 Å². The minimum absolute atomic E-state index is 0.0779. The Balaban J connectivity index is 1.82. The molecule has 0 fully saturated rings. The van der Waals surface area contributed by atoms with Crippen molar-refractivity contribution in [2.75, 3.05) is 19.4 Å². The molecule has 32 heavy (non-hydrogen) atoms. The summed E-state index contributed by atoms with van der Waals surface area (Å²) in [6.45, 7) is 8.93. The van der Waals surface area contributed by atoms with Gasteiger partial charge >= 0.3 is 0 Å². The Kier molecular flexibility index (Phi) is 6.25. The Labute approximate surface area is 186 Å². The average molecular weight is 432 g/mol. The van der Waals surface area contributed by atoms with Crippen molar-refractivity contribution in [3.63, 3.8) is 0 Å². The summed E-state index contributed by atoms with van der Waals surface area (Å²) in [5.41, 5.74) is 3.44. The Morgan fingerprint density at radius 3 is 2.22 bits per heavy atom. The Morgan fingerprint density at radius 2 is 1.62 bits per heavy atom. The number of nitrogens with zero attached hydrogens (tertiary/aromatic N) is 2. The highest BCUT2D eigenvalue weighted by atomic mass is 16.2. The lowest BCUT2D eigenvalue weighted by Crippen LogP contribution is -2.38. The second kappa shape index (κ2) is 8.89. The van der Waals surface area contributed by atoms with Crippen molar-refractivity contribution in [3.8, 4) is 11.1 Å². The predicted molar refractivity (Wildman–Crippen MR) is 121 cm³/mol. The van der Waals surface area contributed by atoms with E-state index in [0.717, 1.165) is 16.7 Å². The molecule has 2 aromatic carbocycles. The van der Waals surface area contributed by atoms with Gasteiger partial charge in [0.25, 0.3) is 17.7 Å². The van der Waals surface area contributed by atoms with E-state index in [9.17, 15) is 19.2 Å². The van der Waals surface area contributed by atoms with Crippen LogP contribution in [0.15, 0.2) is 67.0 Å². The number of benzene rings is 2. The lowest BCUT2D eigenvalue weighted by atomic mass is 9.97. The zero-order valence-corrected chi connectivity index (χ0v) is 18.2. The molecule has 1 aliphatic rings. The molecule has 2 aromatic rings. The van der Waals surface area contributed by atoms with Gasteiger partial charge in [-0.15, -0.1) is 0 Å². The molecule has 3 rings (SSSR count). The van der Waals surface area contributed by atoms with Gasteiger partial charge in [-0.3, -0.25) is 24.1 Å². The van der Waals surface area contributed by atoms with Crippen molar-refractivity contribution in [1.29, 1.82) is 0 Å². The SMILES string of the molecule is C=C(NC(=O)C(=C)N1Cc2c(cccc2-c2ccc(NC(C)=O)cc2)C1=O)C(=O)N(C)C. The summed E-state index contributed by atoms with van der Waals surface area (Å²) in [5, 5.41) is 5.12. The van der Waals surface area contributed by atoms with Crippen molar-refractivity contribution in [1.82, 2.24) is 15.1 Å². The average Bonchev–Trinajstić information content (AvgIpc) is 3.09. The molecule has 1 aliphatic heterocycles. The lowest BCUT2D eigenvalue weighted by Gasteiger charge is -2.19. The topological polar surface area (TPSA) is 98.8 Å². The number of amides is 4. The second-order valence-corrected chi connectivity index (χ2v) is 7.56. The summed E-state index contributed by atoms with van der Waals surface area (Å²) in [6.07, 6.45) is 0. The molecule has 0 radical (unpaired) electrons. The van der Waals surface area contributed by atoms with Crippen LogP contribution in [0.25, 0.3) is 11.1 Å². The number of hydrogen-bond donors (Lipinski definition) is 2.